The van der Waals surface area contributed by atoms with Crippen LogP contribution in [0.25, 0.3) is 0 Å². The largest absolute Gasteiger partial charge is 0.481 e. The number of nitrogens with two attached hydrogens (primary N) is 1. The Balaban J connectivity index is 2.95. The van der Waals surface area contributed by atoms with Gasteiger partial charge in [-0.3, -0.25) is 0 Å². The number of rotatable bonds is 6. The van der Waals surface area contributed by atoms with E-state index < -0.39 is 0 Å². The molecule has 0 saturated carbocycles. The average Bonchev–Trinajstić information content (AvgIpc) is 2.36. The number of anilines is 1. The molecular formula is C13H24N4O2. The number of nitrogens with one attached hydrogen (secondary N) is 1. The van der Waals surface area contributed by atoms with Crippen molar-refractivity contribution in [2.45, 2.75) is 33.2 Å². The van der Waals surface area contributed by atoms with Crippen LogP contribution >= 0.6 is 0 Å². The van der Waals surface area contributed by atoms with Crippen molar-refractivity contribution >= 4 is 5.95 Å². The minimum Gasteiger partial charge on any atom is -0.481 e. The van der Waals surface area contributed by atoms with Crippen LogP contribution in [0.15, 0.2) is 6.07 Å². The molecular weight excluding hydrogens is 244 g/mol. The molecule has 108 valence electrons. The van der Waals surface area contributed by atoms with Crippen molar-refractivity contribution in [2.24, 2.45) is 11.1 Å². The zero-order valence-corrected chi connectivity index (χ0v) is 12.4. The molecule has 1 atom stereocenters. The predicted molar refractivity (Wildman–Crippen MR) is 75.7 cm³/mol. The highest BCUT2D eigenvalue weighted by atomic mass is 16.5. The van der Waals surface area contributed by atoms with E-state index in [-0.39, 0.29) is 11.5 Å². The Hall–Kier alpha value is -1.56. The molecule has 3 N–H and O–H groups in total. The summed E-state index contributed by atoms with van der Waals surface area (Å²) in [6, 6.07) is 1.81. The first kappa shape index (κ1) is 15.5. The molecule has 0 saturated heterocycles. The molecule has 0 bridgehead atoms. The van der Waals surface area contributed by atoms with Crippen molar-refractivity contribution < 1.29 is 9.47 Å². The van der Waals surface area contributed by atoms with Gasteiger partial charge in [0.1, 0.15) is 0 Å². The van der Waals surface area contributed by atoms with Crippen molar-refractivity contribution in [3.63, 3.8) is 0 Å². The van der Waals surface area contributed by atoms with E-state index in [4.69, 9.17) is 15.2 Å². The molecule has 0 aliphatic heterocycles. The minimum atomic E-state index is 0.0546. The maximum Gasteiger partial charge on any atom is 0.229 e. The van der Waals surface area contributed by atoms with Crippen molar-refractivity contribution in [3.8, 4) is 11.8 Å². The molecule has 0 aliphatic carbocycles. The van der Waals surface area contributed by atoms with Gasteiger partial charge in [-0.25, -0.2) is 0 Å². The lowest BCUT2D eigenvalue weighted by atomic mass is 9.85. The summed E-state index contributed by atoms with van der Waals surface area (Å²) >= 11 is 0. The molecule has 1 rings (SSSR count). The van der Waals surface area contributed by atoms with Gasteiger partial charge in [0.15, 0.2) is 0 Å². The molecule has 0 aliphatic rings. The van der Waals surface area contributed by atoms with E-state index in [1.54, 1.807) is 20.3 Å². The van der Waals surface area contributed by atoms with Gasteiger partial charge in [-0.1, -0.05) is 20.8 Å². The summed E-state index contributed by atoms with van der Waals surface area (Å²) in [4.78, 5) is 8.54. The van der Waals surface area contributed by atoms with E-state index in [2.05, 4.69) is 36.1 Å². The van der Waals surface area contributed by atoms with E-state index >= 15 is 0 Å². The van der Waals surface area contributed by atoms with Gasteiger partial charge in [-0.05, 0) is 18.4 Å². The Labute approximate surface area is 114 Å². The second-order valence-corrected chi connectivity index (χ2v) is 5.42. The molecule has 1 heterocycles. The van der Waals surface area contributed by atoms with Gasteiger partial charge < -0.3 is 20.5 Å². The number of nitrogens with zero attached hydrogens (tertiary/aromatic N) is 2. The lowest BCUT2D eigenvalue weighted by Gasteiger charge is -2.31. The monoisotopic (exact) mass is 268 g/mol. The maximum absolute atomic E-state index is 5.66. The predicted octanol–water partition coefficient (Wildman–Crippen LogP) is 1.67. The van der Waals surface area contributed by atoms with E-state index in [0.29, 0.717) is 24.3 Å². The summed E-state index contributed by atoms with van der Waals surface area (Å²) in [6.07, 6.45) is 0.840. The van der Waals surface area contributed by atoms with Crippen LogP contribution in [-0.4, -0.2) is 36.8 Å². The van der Waals surface area contributed by atoms with Gasteiger partial charge in [0.05, 0.1) is 20.3 Å². The average molecular weight is 268 g/mol. The first-order chi connectivity index (χ1) is 8.90. The second kappa shape index (κ2) is 6.56. The van der Waals surface area contributed by atoms with E-state index in [1.165, 1.54) is 0 Å². The highest BCUT2D eigenvalue weighted by molar-refractivity contribution is 5.35. The van der Waals surface area contributed by atoms with Gasteiger partial charge in [0, 0.05) is 6.04 Å². The van der Waals surface area contributed by atoms with E-state index in [9.17, 15) is 0 Å². The van der Waals surface area contributed by atoms with Gasteiger partial charge in [0.2, 0.25) is 17.7 Å². The summed E-state index contributed by atoms with van der Waals surface area (Å²) < 4.78 is 10.3. The molecule has 1 aromatic rings. The SMILES string of the molecule is COc1cc(OC)nc(NC(CCN)C(C)(C)C)n1. The van der Waals surface area contributed by atoms with Gasteiger partial charge in [-0.2, -0.15) is 9.97 Å². The molecule has 6 heteroatoms. The smallest absolute Gasteiger partial charge is 0.229 e. The first-order valence-electron chi connectivity index (χ1n) is 6.34. The molecule has 0 aromatic carbocycles. The van der Waals surface area contributed by atoms with Crippen LogP contribution < -0.4 is 20.5 Å². The fourth-order valence-electron chi connectivity index (χ4n) is 1.72. The minimum absolute atomic E-state index is 0.0546. The number of methoxy groups -OCH3 is 2. The quantitative estimate of drug-likeness (QED) is 0.816. The molecule has 19 heavy (non-hydrogen) atoms. The summed E-state index contributed by atoms with van der Waals surface area (Å²) in [7, 11) is 3.12. The Morgan fingerprint density at radius 2 is 1.74 bits per heavy atom. The van der Waals surface area contributed by atoms with Crippen LogP contribution in [0.4, 0.5) is 5.95 Å². The number of hydrogen-bond donors (Lipinski definition) is 2. The summed E-state index contributed by atoms with van der Waals surface area (Å²) in [5.41, 5.74) is 5.72. The number of ether oxygens (including phenoxy) is 2. The Morgan fingerprint density at radius 3 is 2.11 bits per heavy atom. The van der Waals surface area contributed by atoms with Crippen LogP contribution in [0, 0.1) is 5.41 Å². The van der Waals surface area contributed by atoms with Crippen LogP contribution in [-0.2, 0) is 0 Å². The van der Waals surface area contributed by atoms with Crippen molar-refractivity contribution in [1.82, 2.24) is 9.97 Å². The highest BCUT2D eigenvalue weighted by Crippen LogP contribution is 2.25. The zero-order chi connectivity index (χ0) is 14.5. The fourth-order valence-corrected chi connectivity index (χ4v) is 1.72. The lowest BCUT2D eigenvalue weighted by molar-refractivity contribution is 0.325. The Bertz CT molecular complexity index is 382. The molecule has 0 spiro atoms. The Morgan fingerprint density at radius 1 is 1.21 bits per heavy atom. The van der Waals surface area contributed by atoms with Crippen LogP contribution in [0.1, 0.15) is 27.2 Å². The van der Waals surface area contributed by atoms with E-state index in [0.717, 1.165) is 6.42 Å². The maximum atomic E-state index is 5.66. The summed E-state index contributed by atoms with van der Waals surface area (Å²) in [5.74, 6) is 1.43. The molecule has 0 fully saturated rings. The van der Waals surface area contributed by atoms with Crippen LogP contribution in [0.5, 0.6) is 11.8 Å². The fraction of sp³-hybridized carbons (Fsp3) is 0.692. The normalized spacial score (nSPS) is 12.9. The third kappa shape index (κ3) is 4.55. The lowest BCUT2D eigenvalue weighted by Crippen LogP contribution is -2.36. The first-order valence-corrected chi connectivity index (χ1v) is 6.34. The highest BCUT2D eigenvalue weighted by Gasteiger charge is 2.24. The van der Waals surface area contributed by atoms with Crippen molar-refractivity contribution in [2.75, 3.05) is 26.1 Å². The van der Waals surface area contributed by atoms with Crippen molar-refractivity contribution in [1.29, 1.82) is 0 Å². The number of hydrogen-bond acceptors (Lipinski definition) is 6. The standard InChI is InChI=1S/C13H24N4O2/c1-13(2,3)9(6-7-14)15-12-16-10(18-4)8-11(17-12)19-5/h8-9H,6-7,14H2,1-5H3,(H,15,16,17). The van der Waals surface area contributed by atoms with Crippen LogP contribution in [0.3, 0.4) is 0 Å². The van der Waals surface area contributed by atoms with Gasteiger partial charge in [-0.15, -0.1) is 0 Å². The molecule has 6 nitrogen and oxygen atoms in total. The van der Waals surface area contributed by atoms with Gasteiger partial charge in [0.25, 0.3) is 0 Å². The second-order valence-electron chi connectivity index (χ2n) is 5.42. The third-order valence-electron chi connectivity index (χ3n) is 2.90. The molecule has 0 amide bonds. The summed E-state index contributed by atoms with van der Waals surface area (Å²) in [6.45, 7) is 7.06. The molecule has 1 unspecified atom stereocenters. The topological polar surface area (TPSA) is 82.3 Å². The van der Waals surface area contributed by atoms with Crippen LogP contribution in [0.2, 0.25) is 0 Å². The summed E-state index contributed by atoms with van der Waals surface area (Å²) in [5, 5.41) is 3.31. The molecule has 1 aromatic heterocycles. The van der Waals surface area contributed by atoms with E-state index in [1.807, 2.05) is 0 Å². The van der Waals surface area contributed by atoms with Gasteiger partial charge >= 0.3 is 0 Å². The zero-order valence-electron chi connectivity index (χ0n) is 12.4. The Kier molecular flexibility index (Phi) is 5.35. The van der Waals surface area contributed by atoms with Crippen molar-refractivity contribution in [3.05, 3.63) is 6.07 Å². The third-order valence-corrected chi connectivity index (χ3v) is 2.90. The molecule has 0 radical (unpaired) electrons. The number of aromatic nitrogens is 2.